The fourth-order valence-corrected chi connectivity index (χ4v) is 3.08. The minimum Gasteiger partial charge on any atom is -0.356 e. The van der Waals surface area contributed by atoms with E-state index in [0.29, 0.717) is 0 Å². The third-order valence-corrected chi connectivity index (χ3v) is 4.41. The molecule has 2 aromatic rings. The highest BCUT2D eigenvalue weighted by molar-refractivity contribution is 5.89. The minimum absolute atomic E-state index is 0.0877. The van der Waals surface area contributed by atoms with Gasteiger partial charge in [0, 0.05) is 37.1 Å². The van der Waals surface area contributed by atoms with E-state index in [2.05, 4.69) is 20.5 Å². The Labute approximate surface area is 155 Å². The number of nitrogens with one attached hydrogen (secondary N) is 2. The number of hydrogen-bond donors (Lipinski definition) is 2. The summed E-state index contributed by atoms with van der Waals surface area (Å²) >= 11 is 0. The van der Waals surface area contributed by atoms with Crippen LogP contribution in [0, 0.1) is 0 Å². The lowest BCUT2D eigenvalue weighted by atomic mass is 10.1. The molecule has 1 aromatic carbocycles. The van der Waals surface area contributed by atoms with Crippen molar-refractivity contribution in [2.45, 2.75) is 32.0 Å². The molecule has 3 rings (SSSR count). The summed E-state index contributed by atoms with van der Waals surface area (Å²) in [5, 5.41) is 5.13. The number of alkyl halides is 3. The molecular weight excluding hydrogens is 357 g/mol. The van der Waals surface area contributed by atoms with Crippen LogP contribution in [0.3, 0.4) is 0 Å². The van der Waals surface area contributed by atoms with Gasteiger partial charge in [0.05, 0.1) is 5.56 Å². The number of nitrogens with zero attached hydrogens (tertiary/aromatic N) is 2. The van der Waals surface area contributed by atoms with E-state index in [9.17, 15) is 18.0 Å². The van der Waals surface area contributed by atoms with Gasteiger partial charge < -0.3 is 15.5 Å². The van der Waals surface area contributed by atoms with Crippen molar-refractivity contribution in [1.82, 2.24) is 10.3 Å². The van der Waals surface area contributed by atoms with Gasteiger partial charge in [0.15, 0.2) is 0 Å². The molecule has 0 spiro atoms. The number of pyridine rings is 1. The summed E-state index contributed by atoms with van der Waals surface area (Å²) in [6, 6.07) is 7.66. The van der Waals surface area contributed by atoms with Gasteiger partial charge in [0.1, 0.15) is 5.82 Å². The summed E-state index contributed by atoms with van der Waals surface area (Å²) in [6.07, 6.45) is 0.693. The van der Waals surface area contributed by atoms with Crippen LogP contribution in [0.15, 0.2) is 42.6 Å². The molecule has 1 aliphatic rings. The summed E-state index contributed by atoms with van der Waals surface area (Å²) in [4.78, 5) is 18.7. The number of benzene rings is 1. The van der Waals surface area contributed by atoms with Crippen LogP contribution in [0.5, 0.6) is 0 Å². The van der Waals surface area contributed by atoms with E-state index in [1.54, 1.807) is 12.3 Å². The van der Waals surface area contributed by atoms with Crippen molar-refractivity contribution in [3.63, 3.8) is 0 Å². The van der Waals surface area contributed by atoms with Crippen LogP contribution >= 0.6 is 0 Å². The number of amides is 2. The molecule has 0 radical (unpaired) electrons. The van der Waals surface area contributed by atoms with Crippen LogP contribution < -0.4 is 15.5 Å². The average molecular weight is 378 g/mol. The van der Waals surface area contributed by atoms with Crippen molar-refractivity contribution < 1.29 is 18.0 Å². The number of hydrogen-bond acceptors (Lipinski definition) is 3. The first-order chi connectivity index (χ1) is 12.9. The lowest BCUT2D eigenvalue weighted by molar-refractivity contribution is -0.137. The molecule has 144 valence electrons. The van der Waals surface area contributed by atoms with E-state index in [1.807, 2.05) is 6.07 Å². The Morgan fingerprint density at radius 1 is 1.11 bits per heavy atom. The first-order valence-electron chi connectivity index (χ1n) is 8.84. The molecule has 0 unspecified atom stereocenters. The van der Waals surface area contributed by atoms with Gasteiger partial charge in [0.2, 0.25) is 0 Å². The predicted octanol–water partition coefficient (Wildman–Crippen LogP) is 4.41. The van der Waals surface area contributed by atoms with Gasteiger partial charge in [-0.25, -0.2) is 9.78 Å². The molecule has 0 bridgehead atoms. The van der Waals surface area contributed by atoms with Crippen molar-refractivity contribution in [3.8, 4) is 0 Å². The summed E-state index contributed by atoms with van der Waals surface area (Å²) in [5.41, 5.74) is 0.156. The lowest BCUT2D eigenvalue weighted by Gasteiger charge is -2.29. The maximum atomic E-state index is 12.8. The predicted molar refractivity (Wildman–Crippen MR) is 97.6 cm³/mol. The quantitative estimate of drug-likeness (QED) is 0.828. The normalized spacial score (nSPS) is 14.7. The molecule has 2 N–H and O–H groups in total. The average Bonchev–Trinajstić information content (AvgIpc) is 2.67. The molecule has 8 heteroatoms. The molecule has 1 aromatic heterocycles. The Balaban J connectivity index is 1.62. The Kier molecular flexibility index (Phi) is 5.83. The zero-order valence-corrected chi connectivity index (χ0v) is 14.7. The van der Waals surface area contributed by atoms with Gasteiger partial charge in [-0.2, -0.15) is 13.2 Å². The fourth-order valence-electron chi connectivity index (χ4n) is 3.08. The SMILES string of the molecule is O=C(NCc1cccnc1N1CCCCC1)Nc1cccc(C(F)(F)F)c1. The van der Waals surface area contributed by atoms with E-state index < -0.39 is 17.8 Å². The van der Waals surface area contributed by atoms with Crippen LogP contribution in [0.4, 0.5) is 29.5 Å². The summed E-state index contributed by atoms with van der Waals surface area (Å²) in [6.45, 7) is 2.10. The Morgan fingerprint density at radius 3 is 2.63 bits per heavy atom. The molecular formula is C19H21F3N4O. The zero-order chi connectivity index (χ0) is 19.3. The Bertz CT molecular complexity index is 789. The Hall–Kier alpha value is -2.77. The number of carbonyl (C=O) groups excluding carboxylic acids is 1. The number of piperidine rings is 1. The second kappa shape index (κ2) is 8.28. The van der Waals surface area contributed by atoms with E-state index in [1.165, 1.54) is 18.6 Å². The molecule has 1 aliphatic heterocycles. The lowest BCUT2D eigenvalue weighted by Crippen LogP contribution is -2.33. The van der Waals surface area contributed by atoms with E-state index in [-0.39, 0.29) is 12.2 Å². The molecule has 0 atom stereocenters. The summed E-state index contributed by atoms with van der Waals surface area (Å²) in [7, 11) is 0. The molecule has 0 saturated carbocycles. The van der Waals surface area contributed by atoms with E-state index in [4.69, 9.17) is 0 Å². The number of urea groups is 1. The monoisotopic (exact) mass is 378 g/mol. The van der Waals surface area contributed by atoms with Crippen molar-refractivity contribution >= 4 is 17.5 Å². The molecule has 27 heavy (non-hydrogen) atoms. The molecule has 1 fully saturated rings. The third-order valence-electron chi connectivity index (χ3n) is 4.41. The molecule has 2 heterocycles. The van der Waals surface area contributed by atoms with Gasteiger partial charge in [-0.05, 0) is 43.5 Å². The maximum absolute atomic E-state index is 12.8. The van der Waals surface area contributed by atoms with Crippen molar-refractivity contribution in [2.24, 2.45) is 0 Å². The molecule has 1 saturated heterocycles. The van der Waals surface area contributed by atoms with E-state index in [0.717, 1.165) is 49.4 Å². The maximum Gasteiger partial charge on any atom is 0.416 e. The van der Waals surface area contributed by atoms with Gasteiger partial charge in [0.25, 0.3) is 0 Å². The standard InChI is InChI=1S/C19H21F3N4O/c20-19(21,22)15-7-4-8-16(12-15)25-18(27)24-13-14-6-5-9-23-17(14)26-10-2-1-3-11-26/h4-9,12H,1-3,10-11,13H2,(H2,24,25,27). The smallest absolute Gasteiger partial charge is 0.356 e. The molecule has 2 amide bonds. The number of aromatic nitrogens is 1. The van der Waals surface area contributed by atoms with Crippen molar-refractivity contribution in [2.75, 3.05) is 23.3 Å². The number of halogens is 3. The van der Waals surface area contributed by atoms with Crippen LogP contribution in [0.1, 0.15) is 30.4 Å². The summed E-state index contributed by atoms with van der Waals surface area (Å²) < 4.78 is 38.3. The molecule has 5 nitrogen and oxygen atoms in total. The number of carbonyl (C=O) groups is 1. The highest BCUT2D eigenvalue weighted by Crippen LogP contribution is 2.30. The highest BCUT2D eigenvalue weighted by atomic mass is 19.4. The van der Waals surface area contributed by atoms with Crippen molar-refractivity contribution in [3.05, 3.63) is 53.7 Å². The van der Waals surface area contributed by atoms with E-state index >= 15 is 0 Å². The first-order valence-corrected chi connectivity index (χ1v) is 8.84. The van der Waals surface area contributed by atoms with Gasteiger partial charge in [-0.1, -0.05) is 12.1 Å². The van der Waals surface area contributed by atoms with Crippen LogP contribution in [0.2, 0.25) is 0 Å². The minimum atomic E-state index is -4.45. The zero-order valence-electron chi connectivity index (χ0n) is 14.7. The summed E-state index contributed by atoms with van der Waals surface area (Å²) in [5.74, 6) is 0.844. The van der Waals surface area contributed by atoms with Crippen LogP contribution in [-0.2, 0) is 12.7 Å². The second-order valence-corrected chi connectivity index (χ2v) is 6.42. The highest BCUT2D eigenvalue weighted by Gasteiger charge is 2.30. The molecule has 0 aliphatic carbocycles. The van der Waals surface area contributed by atoms with Gasteiger partial charge in [-0.15, -0.1) is 0 Å². The topological polar surface area (TPSA) is 57.3 Å². The second-order valence-electron chi connectivity index (χ2n) is 6.42. The van der Waals surface area contributed by atoms with Crippen LogP contribution in [0.25, 0.3) is 0 Å². The van der Waals surface area contributed by atoms with Gasteiger partial charge in [-0.3, -0.25) is 0 Å². The third kappa shape index (κ3) is 5.12. The first kappa shape index (κ1) is 19.0. The van der Waals surface area contributed by atoms with Crippen molar-refractivity contribution in [1.29, 1.82) is 0 Å². The fraction of sp³-hybridized carbons (Fsp3) is 0.368. The number of rotatable bonds is 4. The Morgan fingerprint density at radius 2 is 1.89 bits per heavy atom. The van der Waals surface area contributed by atoms with Gasteiger partial charge >= 0.3 is 12.2 Å². The number of anilines is 2. The van der Waals surface area contributed by atoms with Crippen LogP contribution in [-0.4, -0.2) is 24.1 Å². The largest absolute Gasteiger partial charge is 0.416 e.